The first-order valence-corrected chi connectivity index (χ1v) is 5.37. The van der Waals surface area contributed by atoms with Gasteiger partial charge in [-0.3, -0.25) is 10.1 Å². The molecule has 2 unspecified atom stereocenters. The Hall–Kier alpha value is -1.97. The zero-order valence-electron chi connectivity index (χ0n) is 10.1. The van der Waals surface area contributed by atoms with Crippen LogP contribution in [0.25, 0.3) is 0 Å². The Bertz CT molecular complexity index is 508. The van der Waals surface area contributed by atoms with Crippen molar-refractivity contribution >= 4 is 5.69 Å². The number of aliphatic hydroxyl groups excluding tert-OH is 2. The second-order valence-corrected chi connectivity index (χ2v) is 4.13. The van der Waals surface area contributed by atoms with Gasteiger partial charge in [-0.1, -0.05) is 0 Å². The molecule has 0 heterocycles. The molecule has 96 valence electrons. The predicted octanol–water partition coefficient (Wildman–Crippen LogP) is 1.52. The Labute approximate surface area is 104 Å². The standard InChI is InChI=1S/C12H14N2O4/c1-7-5-8(2)10(14(17)18)6-9(7)12(16)11(15)3-4-13/h5-6,11-12,15-16H,3H2,1-2H3. The molecule has 0 saturated carbocycles. The maximum Gasteiger partial charge on any atom is 0.272 e. The summed E-state index contributed by atoms with van der Waals surface area (Å²) in [4.78, 5) is 10.3. The molecule has 0 fully saturated rings. The van der Waals surface area contributed by atoms with E-state index in [0.717, 1.165) is 0 Å². The molecule has 0 aliphatic rings. The van der Waals surface area contributed by atoms with Gasteiger partial charge in [-0.15, -0.1) is 0 Å². The van der Waals surface area contributed by atoms with Crippen molar-refractivity contribution in [3.63, 3.8) is 0 Å². The van der Waals surface area contributed by atoms with Gasteiger partial charge in [0.05, 0.1) is 23.5 Å². The number of hydrogen-bond donors (Lipinski definition) is 2. The topological polar surface area (TPSA) is 107 Å². The molecule has 0 aliphatic heterocycles. The fourth-order valence-electron chi connectivity index (χ4n) is 1.78. The Morgan fingerprint density at radius 1 is 1.39 bits per heavy atom. The molecular formula is C12H14N2O4. The highest BCUT2D eigenvalue weighted by Crippen LogP contribution is 2.29. The molecular weight excluding hydrogens is 236 g/mol. The van der Waals surface area contributed by atoms with Gasteiger partial charge in [0.15, 0.2) is 0 Å². The summed E-state index contributed by atoms with van der Waals surface area (Å²) in [6, 6.07) is 4.57. The van der Waals surface area contributed by atoms with Crippen molar-refractivity contribution in [2.75, 3.05) is 0 Å². The minimum absolute atomic E-state index is 0.112. The molecule has 6 heteroatoms. The molecule has 0 spiro atoms. The Kier molecular flexibility index (Phi) is 4.37. The van der Waals surface area contributed by atoms with E-state index in [1.807, 2.05) is 0 Å². The van der Waals surface area contributed by atoms with E-state index in [1.165, 1.54) is 6.07 Å². The van der Waals surface area contributed by atoms with Gasteiger partial charge < -0.3 is 10.2 Å². The highest BCUT2D eigenvalue weighted by atomic mass is 16.6. The average molecular weight is 250 g/mol. The van der Waals surface area contributed by atoms with Crippen LogP contribution in [0, 0.1) is 35.3 Å². The number of nitro groups is 1. The molecule has 2 atom stereocenters. The normalized spacial score (nSPS) is 13.7. The van der Waals surface area contributed by atoms with E-state index in [0.29, 0.717) is 11.1 Å². The largest absolute Gasteiger partial charge is 0.389 e. The van der Waals surface area contributed by atoms with Crippen molar-refractivity contribution in [3.8, 4) is 6.07 Å². The highest BCUT2D eigenvalue weighted by Gasteiger charge is 2.23. The fourth-order valence-corrected chi connectivity index (χ4v) is 1.78. The summed E-state index contributed by atoms with van der Waals surface area (Å²) in [5, 5.41) is 38.7. The molecule has 0 saturated heterocycles. The summed E-state index contributed by atoms with van der Waals surface area (Å²) in [5.74, 6) is 0. The van der Waals surface area contributed by atoms with E-state index in [4.69, 9.17) is 5.26 Å². The predicted molar refractivity (Wildman–Crippen MR) is 63.8 cm³/mol. The van der Waals surface area contributed by atoms with Crippen molar-refractivity contribution < 1.29 is 15.1 Å². The number of nitriles is 1. The monoisotopic (exact) mass is 250 g/mol. The number of benzene rings is 1. The summed E-state index contributed by atoms with van der Waals surface area (Å²) >= 11 is 0. The summed E-state index contributed by atoms with van der Waals surface area (Å²) < 4.78 is 0. The molecule has 0 bridgehead atoms. The third-order valence-electron chi connectivity index (χ3n) is 2.76. The van der Waals surface area contributed by atoms with Gasteiger partial charge in [-0.2, -0.15) is 5.26 Å². The lowest BCUT2D eigenvalue weighted by Gasteiger charge is -2.18. The van der Waals surface area contributed by atoms with Crippen LogP contribution in [0.15, 0.2) is 12.1 Å². The van der Waals surface area contributed by atoms with E-state index < -0.39 is 17.1 Å². The number of rotatable bonds is 4. The van der Waals surface area contributed by atoms with E-state index >= 15 is 0 Å². The zero-order valence-corrected chi connectivity index (χ0v) is 10.1. The van der Waals surface area contributed by atoms with Gasteiger partial charge in [0.2, 0.25) is 0 Å². The van der Waals surface area contributed by atoms with Crippen molar-refractivity contribution in [1.29, 1.82) is 5.26 Å². The lowest BCUT2D eigenvalue weighted by atomic mass is 9.95. The summed E-state index contributed by atoms with van der Waals surface area (Å²) in [6.45, 7) is 3.29. The number of nitrogens with zero attached hydrogens (tertiary/aromatic N) is 2. The average Bonchev–Trinajstić information content (AvgIpc) is 2.28. The molecule has 2 N–H and O–H groups in total. The molecule has 18 heavy (non-hydrogen) atoms. The molecule has 1 rings (SSSR count). The summed E-state index contributed by atoms with van der Waals surface area (Å²) in [5.41, 5.74) is 1.29. The minimum Gasteiger partial charge on any atom is -0.389 e. The van der Waals surface area contributed by atoms with E-state index in [9.17, 15) is 20.3 Å². The van der Waals surface area contributed by atoms with Gasteiger partial charge in [0.1, 0.15) is 6.10 Å². The summed E-state index contributed by atoms with van der Waals surface area (Å²) in [6.07, 6.45) is -2.79. The maximum atomic E-state index is 10.8. The van der Waals surface area contributed by atoms with Crippen LogP contribution in [0.1, 0.15) is 29.2 Å². The first-order chi connectivity index (χ1) is 8.38. The van der Waals surface area contributed by atoms with E-state index in [-0.39, 0.29) is 17.7 Å². The van der Waals surface area contributed by atoms with E-state index in [1.54, 1.807) is 26.0 Å². The van der Waals surface area contributed by atoms with Gasteiger partial charge in [-0.05, 0) is 31.0 Å². The second-order valence-electron chi connectivity index (χ2n) is 4.13. The quantitative estimate of drug-likeness (QED) is 0.622. The fraction of sp³-hybridized carbons (Fsp3) is 0.417. The van der Waals surface area contributed by atoms with Crippen LogP contribution in [0.4, 0.5) is 5.69 Å². The van der Waals surface area contributed by atoms with Crippen molar-refractivity contribution in [3.05, 3.63) is 38.9 Å². The first kappa shape index (κ1) is 14.1. The number of nitro benzene ring substituents is 1. The lowest BCUT2D eigenvalue weighted by Crippen LogP contribution is -2.18. The van der Waals surface area contributed by atoms with Gasteiger partial charge >= 0.3 is 0 Å². The van der Waals surface area contributed by atoms with Crippen LogP contribution in [-0.4, -0.2) is 21.2 Å². The van der Waals surface area contributed by atoms with Crippen molar-refractivity contribution in [2.45, 2.75) is 32.5 Å². The summed E-state index contributed by atoms with van der Waals surface area (Å²) in [7, 11) is 0. The van der Waals surface area contributed by atoms with Gasteiger partial charge in [0, 0.05) is 11.6 Å². The molecule has 0 radical (unpaired) electrons. The van der Waals surface area contributed by atoms with Gasteiger partial charge in [-0.25, -0.2) is 0 Å². The molecule has 0 aromatic heterocycles. The molecule has 1 aromatic carbocycles. The number of aliphatic hydroxyl groups is 2. The first-order valence-electron chi connectivity index (χ1n) is 5.37. The maximum absolute atomic E-state index is 10.8. The Morgan fingerprint density at radius 2 is 2.00 bits per heavy atom. The molecule has 1 aromatic rings. The minimum atomic E-state index is -1.30. The van der Waals surface area contributed by atoms with Crippen LogP contribution in [0.2, 0.25) is 0 Å². The van der Waals surface area contributed by atoms with Crippen LogP contribution < -0.4 is 0 Å². The van der Waals surface area contributed by atoms with E-state index in [2.05, 4.69) is 0 Å². The van der Waals surface area contributed by atoms with Crippen LogP contribution in [-0.2, 0) is 0 Å². The van der Waals surface area contributed by atoms with Crippen molar-refractivity contribution in [1.82, 2.24) is 0 Å². The SMILES string of the molecule is Cc1cc(C)c([N+](=O)[O-])cc1C(O)C(O)CC#N. The van der Waals surface area contributed by atoms with Gasteiger partial charge in [0.25, 0.3) is 5.69 Å². The number of hydrogen-bond acceptors (Lipinski definition) is 5. The second kappa shape index (κ2) is 5.58. The molecule has 6 nitrogen and oxygen atoms in total. The lowest BCUT2D eigenvalue weighted by molar-refractivity contribution is -0.385. The van der Waals surface area contributed by atoms with Crippen LogP contribution >= 0.6 is 0 Å². The third-order valence-corrected chi connectivity index (χ3v) is 2.76. The third kappa shape index (κ3) is 2.83. The number of aryl methyl sites for hydroxylation is 2. The molecule has 0 amide bonds. The van der Waals surface area contributed by atoms with Crippen LogP contribution in [0.3, 0.4) is 0 Å². The molecule has 0 aliphatic carbocycles. The highest BCUT2D eigenvalue weighted by molar-refractivity contribution is 5.47. The van der Waals surface area contributed by atoms with Crippen LogP contribution in [0.5, 0.6) is 0 Å². The zero-order chi connectivity index (χ0) is 13.9. The Balaban J connectivity index is 3.20. The van der Waals surface area contributed by atoms with Crippen molar-refractivity contribution in [2.24, 2.45) is 0 Å². The smallest absolute Gasteiger partial charge is 0.272 e. The Morgan fingerprint density at radius 3 is 2.50 bits per heavy atom.